The minimum Gasteiger partial charge on any atom is -0.480 e. The Labute approximate surface area is 122 Å². The summed E-state index contributed by atoms with van der Waals surface area (Å²) in [6, 6.07) is 3.25. The monoisotopic (exact) mass is 289 g/mol. The van der Waals surface area contributed by atoms with Gasteiger partial charge in [0, 0.05) is 6.07 Å². The zero-order chi connectivity index (χ0) is 14.7. The van der Waals surface area contributed by atoms with Crippen LogP contribution in [0, 0.1) is 5.92 Å². The number of rotatable bonds is 4. The van der Waals surface area contributed by atoms with Gasteiger partial charge in [0.2, 0.25) is 17.6 Å². The average Bonchev–Trinajstić information content (AvgIpc) is 3.05. The molecule has 1 aliphatic carbocycles. The molecule has 0 radical (unpaired) electrons. The van der Waals surface area contributed by atoms with Crippen LogP contribution in [0.1, 0.15) is 44.0 Å². The predicted octanol–water partition coefficient (Wildman–Crippen LogP) is 2.12. The van der Waals surface area contributed by atoms with Crippen molar-refractivity contribution in [3.63, 3.8) is 0 Å². The van der Waals surface area contributed by atoms with Gasteiger partial charge in [0.15, 0.2) is 0 Å². The third-order valence-corrected chi connectivity index (χ3v) is 3.96. The molecule has 0 bridgehead atoms. The highest BCUT2D eigenvalue weighted by atomic mass is 16.5. The smallest absolute Gasteiger partial charge is 0.244 e. The number of hydrogen-bond donors (Lipinski definition) is 1. The minimum absolute atomic E-state index is 0.197. The molecule has 0 aromatic carbocycles. The van der Waals surface area contributed by atoms with Crippen LogP contribution in [0.25, 0.3) is 11.5 Å². The molecule has 2 N–H and O–H groups in total. The second-order valence-corrected chi connectivity index (χ2v) is 5.34. The highest BCUT2D eigenvalue weighted by Crippen LogP contribution is 2.32. The summed E-state index contributed by atoms with van der Waals surface area (Å²) in [5, 5.41) is 11.8. The number of methoxy groups -OCH3 is 1. The van der Waals surface area contributed by atoms with Crippen LogP contribution in [0.3, 0.4) is 0 Å². The molecule has 2 aromatic rings. The molecule has 7 nitrogen and oxygen atoms in total. The van der Waals surface area contributed by atoms with Gasteiger partial charge in [0.1, 0.15) is 5.69 Å². The summed E-state index contributed by atoms with van der Waals surface area (Å²) in [7, 11) is 1.54. The zero-order valence-corrected chi connectivity index (χ0v) is 12.0. The van der Waals surface area contributed by atoms with E-state index in [9.17, 15) is 0 Å². The molecule has 2 aromatic heterocycles. The summed E-state index contributed by atoms with van der Waals surface area (Å²) >= 11 is 0. The normalized spacial score (nSPS) is 17.6. The third-order valence-electron chi connectivity index (χ3n) is 3.96. The van der Waals surface area contributed by atoms with Gasteiger partial charge in [-0.25, -0.2) is 0 Å². The van der Waals surface area contributed by atoms with Crippen LogP contribution < -0.4 is 10.5 Å². The Hall–Kier alpha value is -2.02. The van der Waals surface area contributed by atoms with E-state index < -0.39 is 0 Å². The lowest BCUT2D eigenvalue weighted by Crippen LogP contribution is -2.23. The second-order valence-electron chi connectivity index (χ2n) is 5.34. The van der Waals surface area contributed by atoms with E-state index in [1.54, 1.807) is 19.2 Å². The Morgan fingerprint density at radius 3 is 2.71 bits per heavy atom. The molecule has 3 rings (SSSR count). The van der Waals surface area contributed by atoms with Gasteiger partial charge in [-0.1, -0.05) is 24.4 Å². The van der Waals surface area contributed by atoms with Crippen molar-refractivity contribution in [2.75, 3.05) is 7.11 Å². The van der Waals surface area contributed by atoms with Crippen LogP contribution in [-0.4, -0.2) is 27.4 Å². The molecule has 7 heteroatoms. The third kappa shape index (κ3) is 3.02. The van der Waals surface area contributed by atoms with Gasteiger partial charge in [-0.2, -0.15) is 4.98 Å². The first-order chi connectivity index (χ1) is 10.3. The number of aromatic nitrogens is 4. The van der Waals surface area contributed by atoms with E-state index >= 15 is 0 Å². The highest BCUT2D eigenvalue weighted by Gasteiger charge is 2.26. The molecular formula is C14H19N5O2. The van der Waals surface area contributed by atoms with Crippen LogP contribution in [0.5, 0.6) is 5.88 Å². The fourth-order valence-corrected chi connectivity index (χ4v) is 2.72. The number of hydrogen-bond acceptors (Lipinski definition) is 7. The molecule has 0 amide bonds. The summed E-state index contributed by atoms with van der Waals surface area (Å²) in [6.07, 6.45) is 5.99. The number of nitrogens with two attached hydrogens (primary N) is 1. The molecule has 112 valence electrons. The fourth-order valence-electron chi connectivity index (χ4n) is 2.72. The van der Waals surface area contributed by atoms with Crippen LogP contribution in [-0.2, 0) is 0 Å². The zero-order valence-electron chi connectivity index (χ0n) is 12.0. The fraction of sp³-hybridized carbons (Fsp3) is 0.571. The Morgan fingerprint density at radius 2 is 2.05 bits per heavy atom. The van der Waals surface area contributed by atoms with Crippen molar-refractivity contribution in [2.45, 2.75) is 38.1 Å². The topological polar surface area (TPSA) is 100.0 Å². The molecule has 0 aliphatic heterocycles. The maximum Gasteiger partial charge on any atom is 0.244 e. The van der Waals surface area contributed by atoms with Crippen molar-refractivity contribution in [2.24, 2.45) is 11.7 Å². The Morgan fingerprint density at radius 1 is 1.24 bits per heavy atom. The molecule has 1 aliphatic rings. The number of nitrogens with zero attached hydrogens (tertiary/aromatic N) is 4. The standard InChI is InChI=1S/C14H19N5O2/c1-20-11-8-7-10(17-18-11)13-16-14(21-19-13)12(15)9-5-3-2-4-6-9/h7-9,12H,2-6,15H2,1H3. The molecule has 1 unspecified atom stereocenters. The molecular weight excluding hydrogens is 270 g/mol. The van der Waals surface area contributed by atoms with E-state index in [2.05, 4.69) is 20.3 Å². The van der Waals surface area contributed by atoms with Crippen LogP contribution in [0.2, 0.25) is 0 Å². The van der Waals surface area contributed by atoms with E-state index in [-0.39, 0.29) is 6.04 Å². The minimum atomic E-state index is -0.197. The predicted molar refractivity (Wildman–Crippen MR) is 75.4 cm³/mol. The van der Waals surface area contributed by atoms with E-state index in [1.807, 2.05) is 0 Å². The van der Waals surface area contributed by atoms with Crippen LogP contribution >= 0.6 is 0 Å². The molecule has 1 saturated carbocycles. The van der Waals surface area contributed by atoms with Gasteiger partial charge in [-0.3, -0.25) is 0 Å². The summed E-state index contributed by atoms with van der Waals surface area (Å²) in [6.45, 7) is 0. The van der Waals surface area contributed by atoms with E-state index in [0.29, 0.717) is 29.2 Å². The Bertz CT molecular complexity index is 577. The van der Waals surface area contributed by atoms with Crippen molar-refractivity contribution in [3.8, 4) is 17.4 Å². The van der Waals surface area contributed by atoms with Gasteiger partial charge in [0.25, 0.3) is 0 Å². The average molecular weight is 289 g/mol. The van der Waals surface area contributed by atoms with E-state index in [4.69, 9.17) is 15.0 Å². The lowest BCUT2D eigenvalue weighted by Gasteiger charge is -2.24. The molecule has 1 atom stereocenters. The maximum absolute atomic E-state index is 6.25. The van der Waals surface area contributed by atoms with Crippen molar-refractivity contribution < 1.29 is 9.26 Å². The first-order valence-electron chi connectivity index (χ1n) is 7.25. The molecule has 1 fully saturated rings. The van der Waals surface area contributed by atoms with Crippen molar-refractivity contribution in [1.29, 1.82) is 0 Å². The van der Waals surface area contributed by atoms with Gasteiger partial charge in [-0.15, -0.1) is 10.2 Å². The lowest BCUT2D eigenvalue weighted by atomic mass is 9.84. The van der Waals surface area contributed by atoms with Crippen molar-refractivity contribution in [1.82, 2.24) is 20.3 Å². The molecule has 0 spiro atoms. The first kappa shape index (κ1) is 13.9. The summed E-state index contributed by atoms with van der Waals surface area (Å²) in [4.78, 5) is 4.37. The number of ether oxygens (including phenoxy) is 1. The van der Waals surface area contributed by atoms with E-state index in [1.165, 1.54) is 19.3 Å². The largest absolute Gasteiger partial charge is 0.480 e. The molecule has 21 heavy (non-hydrogen) atoms. The van der Waals surface area contributed by atoms with Crippen molar-refractivity contribution in [3.05, 3.63) is 18.0 Å². The Kier molecular flexibility index (Phi) is 4.10. The van der Waals surface area contributed by atoms with Gasteiger partial charge in [0.05, 0.1) is 13.2 Å². The SMILES string of the molecule is COc1ccc(-c2noc(C(N)C3CCCCC3)n2)nn1. The van der Waals surface area contributed by atoms with Gasteiger partial charge in [-0.05, 0) is 24.8 Å². The highest BCUT2D eigenvalue weighted by molar-refractivity contribution is 5.47. The maximum atomic E-state index is 6.25. The van der Waals surface area contributed by atoms with Crippen LogP contribution in [0.15, 0.2) is 16.7 Å². The van der Waals surface area contributed by atoms with E-state index in [0.717, 1.165) is 12.8 Å². The van der Waals surface area contributed by atoms with Crippen LogP contribution in [0.4, 0.5) is 0 Å². The summed E-state index contributed by atoms with van der Waals surface area (Å²) in [5.74, 6) is 1.76. The quantitative estimate of drug-likeness (QED) is 0.919. The first-order valence-corrected chi connectivity index (χ1v) is 7.25. The lowest BCUT2D eigenvalue weighted by molar-refractivity contribution is 0.255. The Balaban J connectivity index is 1.75. The van der Waals surface area contributed by atoms with Crippen molar-refractivity contribution >= 4 is 0 Å². The summed E-state index contributed by atoms with van der Waals surface area (Å²) in [5.41, 5.74) is 6.80. The van der Waals surface area contributed by atoms with Gasteiger partial charge < -0.3 is 15.0 Å². The molecule has 0 saturated heterocycles. The molecule has 2 heterocycles. The van der Waals surface area contributed by atoms with Gasteiger partial charge >= 0.3 is 0 Å². The second kappa shape index (κ2) is 6.17. The summed E-state index contributed by atoms with van der Waals surface area (Å²) < 4.78 is 10.3.